The first-order valence-electron chi connectivity index (χ1n) is 8.11. The van der Waals surface area contributed by atoms with E-state index in [1.54, 1.807) is 0 Å². The summed E-state index contributed by atoms with van der Waals surface area (Å²) in [5, 5.41) is 13.1. The molecule has 0 amide bonds. The first-order valence-corrected chi connectivity index (χ1v) is 8.11. The van der Waals surface area contributed by atoms with Crippen LogP contribution in [-0.2, 0) is 0 Å². The first-order chi connectivity index (χ1) is 9.19. The maximum atomic E-state index is 9.50. The molecule has 0 aromatic carbocycles. The number of nitrogens with one attached hydrogen (secondary N) is 1. The number of nitriles is 1. The average molecular weight is 265 g/mol. The van der Waals surface area contributed by atoms with Gasteiger partial charge in [0.2, 0.25) is 0 Å². The van der Waals surface area contributed by atoms with Crippen molar-refractivity contribution < 1.29 is 0 Å². The summed E-state index contributed by atoms with van der Waals surface area (Å²) in [5.74, 6) is 0. The van der Waals surface area contributed by atoms with Crippen molar-refractivity contribution in [1.82, 2.24) is 10.2 Å². The Bertz CT molecular complexity index is 274. The second-order valence-electron chi connectivity index (χ2n) is 5.91. The predicted molar refractivity (Wildman–Crippen MR) is 81.0 cm³/mol. The van der Waals surface area contributed by atoms with Crippen LogP contribution in [0.25, 0.3) is 0 Å². The fraction of sp³-hybridized carbons (Fsp3) is 0.938. The maximum Gasteiger partial charge on any atom is 0.106 e. The van der Waals surface area contributed by atoms with Crippen LogP contribution in [0.2, 0.25) is 0 Å². The molecule has 3 nitrogen and oxygen atoms in total. The number of hydrogen-bond acceptors (Lipinski definition) is 3. The highest BCUT2D eigenvalue weighted by molar-refractivity contribution is 5.09. The van der Waals surface area contributed by atoms with Crippen LogP contribution in [0.4, 0.5) is 0 Å². The summed E-state index contributed by atoms with van der Waals surface area (Å²) in [7, 11) is 0. The third-order valence-corrected chi connectivity index (χ3v) is 4.03. The number of nitrogens with zero attached hydrogens (tertiary/aromatic N) is 2. The second kappa shape index (κ2) is 8.55. The van der Waals surface area contributed by atoms with E-state index in [4.69, 9.17) is 0 Å². The van der Waals surface area contributed by atoms with Crippen molar-refractivity contribution in [1.29, 1.82) is 5.26 Å². The van der Waals surface area contributed by atoms with E-state index in [1.807, 2.05) is 0 Å². The Morgan fingerprint density at radius 1 is 1.16 bits per heavy atom. The van der Waals surface area contributed by atoms with Gasteiger partial charge < -0.3 is 4.90 Å². The van der Waals surface area contributed by atoms with Crippen LogP contribution in [0.3, 0.4) is 0 Å². The summed E-state index contributed by atoms with van der Waals surface area (Å²) in [6.45, 7) is 10.1. The van der Waals surface area contributed by atoms with Crippen molar-refractivity contribution in [3.8, 4) is 6.07 Å². The van der Waals surface area contributed by atoms with Gasteiger partial charge in [0.1, 0.15) is 5.54 Å². The molecule has 1 N–H and O–H groups in total. The molecule has 1 aliphatic rings. The van der Waals surface area contributed by atoms with Crippen LogP contribution in [0.1, 0.15) is 65.7 Å². The molecule has 0 bridgehead atoms. The van der Waals surface area contributed by atoms with Gasteiger partial charge in [-0.3, -0.25) is 5.32 Å². The first kappa shape index (κ1) is 16.5. The summed E-state index contributed by atoms with van der Waals surface area (Å²) in [6, 6.07) is 3.16. The van der Waals surface area contributed by atoms with Crippen molar-refractivity contribution in [3.05, 3.63) is 0 Å². The van der Waals surface area contributed by atoms with Gasteiger partial charge in [0.05, 0.1) is 6.07 Å². The van der Waals surface area contributed by atoms with Crippen molar-refractivity contribution >= 4 is 0 Å². The van der Waals surface area contributed by atoms with Crippen molar-refractivity contribution in [3.63, 3.8) is 0 Å². The number of hydrogen-bond donors (Lipinski definition) is 1. The Morgan fingerprint density at radius 2 is 1.79 bits per heavy atom. The molecule has 0 aromatic heterocycles. The second-order valence-corrected chi connectivity index (χ2v) is 5.91. The Labute approximate surface area is 119 Å². The topological polar surface area (TPSA) is 39.1 Å². The third kappa shape index (κ3) is 5.93. The molecular weight excluding hydrogens is 234 g/mol. The van der Waals surface area contributed by atoms with E-state index >= 15 is 0 Å². The lowest BCUT2D eigenvalue weighted by Gasteiger charge is -2.28. The van der Waals surface area contributed by atoms with Crippen LogP contribution < -0.4 is 5.32 Å². The lowest BCUT2D eigenvalue weighted by Crippen LogP contribution is -2.45. The molecular formula is C16H31N3. The monoisotopic (exact) mass is 265 g/mol. The maximum absolute atomic E-state index is 9.50. The highest BCUT2D eigenvalue weighted by atomic mass is 15.1. The molecule has 0 aliphatic heterocycles. The van der Waals surface area contributed by atoms with Crippen molar-refractivity contribution in [2.24, 2.45) is 0 Å². The zero-order valence-corrected chi connectivity index (χ0v) is 13.0. The fourth-order valence-electron chi connectivity index (χ4n) is 2.71. The molecule has 1 unspecified atom stereocenters. The predicted octanol–water partition coefficient (Wildman–Crippen LogP) is 3.31. The molecule has 1 atom stereocenters. The smallest absolute Gasteiger partial charge is 0.106 e. The molecule has 110 valence electrons. The van der Waals surface area contributed by atoms with Crippen molar-refractivity contribution in [2.45, 2.75) is 77.3 Å². The molecule has 1 saturated carbocycles. The van der Waals surface area contributed by atoms with Crippen LogP contribution in [0.5, 0.6) is 0 Å². The van der Waals surface area contributed by atoms with Gasteiger partial charge in [-0.15, -0.1) is 0 Å². The van der Waals surface area contributed by atoms with Gasteiger partial charge in [-0.1, -0.05) is 20.8 Å². The molecule has 1 fully saturated rings. The summed E-state index contributed by atoms with van der Waals surface area (Å²) in [4.78, 5) is 2.54. The quantitative estimate of drug-likeness (QED) is 0.623. The Hall–Kier alpha value is -0.590. The highest BCUT2D eigenvalue weighted by Crippen LogP contribution is 2.26. The Balaban J connectivity index is 2.35. The number of rotatable bonds is 11. The molecule has 0 heterocycles. The molecule has 3 heteroatoms. The fourth-order valence-corrected chi connectivity index (χ4v) is 2.71. The van der Waals surface area contributed by atoms with Gasteiger partial charge in [-0.25, -0.2) is 0 Å². The standard InChI is InChI=1S/C16H31N3/c1-4-11-19(12-5-2)13-7-10-16(6-3,14-17)18-15-8-9-15/h15,18H,4-13H2,1-3H3. The van der Waals surface area contributed by atoms with Gasteiger partial charge >= 0.3 is 0 Å². The minimum absolute atomic E-state index is 0.273. The lowest BCUT2D eigenvalue weighted by molar-refractivity contribution is 0.252. The molecule has 1 aliphatic carbocycles. The van der Waals surface area contributed by atoms with E-state index in [0.717, 1.165) is 25.8 Å². The lowest BCUT2D eigenvalue weighted by atomic mass is 9.91. The summed E-state index contributed by atoms with van der Waals surface area (Å²) in [5.41, 5.74) is -0.273. The van der Waals surface area contributed by atoms with E-state index in [2.05, 4.69) is 37.1 Å². The zero-order valence-electron chi connectivity index (χ0n) is 13.0. The summed E-state index contributed by atoms with van der Waals surface area (Å²) in [6.07, 6.45) is 7.97. The third-order valence-electron chi connectivity index (χ3n) is 4.03. The molecule has 0 saturated heterocycles. The average Bonchev–Trinajstić information content (AvgIpc) is 3.22. The SMILES string of the molecule is CCCN(CCC)CCCC(C#N)(CC)NC1CC1. The minimum Gasteiger partial charge on any atom is -0.303 e. The molecule has 19 heavy (non-hydrogen) atoms. The Morgan fingerprint density at radius 3 is 2.21 bits per heavy atom. The van der Waals surface area contributed by atoms with Gasteiger partial charge in [-0.2, -0.15) is 5.26 Å². The zero-order chi connectivity index (χ0) is 14.1. The van der Waals surface area contributed by atoms with Crippen LogP contribution in [0.15, 0.2) is 0 Å². The Kier molecular flexibility index (Phi) is 7.41. The van der Waals surface area contributed by atoms with Gasteiger partial charge in [0, 0.05) is 6.04 Å². The van der Waals surface area contributed by atoms with E-state index in [-0.39, 0.29) is 5.54 Å². The van der Waals surface area contributed by atoms with Crippen LogP contribution in [0, 0.1) is 11.3 Å². The largest absolute Gasteiger partial charge is 0.303 e. The van der Waals surface area contributed by atoms with Gasteiger partial charge in [0.15, 0.2) is 0 Å². The summed E-state index contributed by atoms with van der Waals surface area (Å²) >= 11 is 0. The van der Waals surface area contributed by atoms with Crippen molar-refractivity contribution in [2.75, 3.05) is 19.6 Å². The molecule has 0 spiro atoms. The van der Waals surface area contributed by atoms with Gasteiger partial charge in [0.25, 0.3) is 0 Å². The van der Waals surface area contributed by atoms with Crippen LogP contribution >= 0.6 is 0 Å². The normalized spacial score (nSPS) is 18.3. The molecule has 0 radical (unpaired) electrons. The highest BCUT2D eigenvalue weighted by Gasteiger charge is 2.34. The minimum atomic E-state index is -0.273. The van der Waals surface area contributed by atoms with E-state index in [9.17, 15) is 5.26 Å². The van der Waals surface area contributed by atoms with E-state index < -0.39 is 0 Å². The molecule has 0 aromatic rings. The van der Waals surface area contributed by atoms with Gasteiger partial charge in [-0.05, 0) is 64.6 Å². The van der Waals surface area contributed by atoms with E-state index in [0.29, 0.717) is 6.04 Å². The molecule has 1 rings (SSSR count). The van der Waals surface area contributed by atoms with Crippen LogP contribution in [-0.4, -0.2) is 36.1 Å². The van der Waals surface area contributed by atoms with E-state index in [1.165, 1.54) is 38.8 Å². The summed E-state index contributed by atoms with van der Waals surface area (Å²) < 4.78 is 0.